The number of rotatable bonds is 6. The first kappa shape index (κ1) is 15.4. The lowest BCUT2D eigenvalue weighted by Crippen LogP contribution is -2.48. The Morgan fingerprint density at radius 2 is 1.62 bits per heavy atom. The molecule has 0 rings (SSSR count). The van der Waals surface area contributed by atoms with Crippen molar-refractivity contribution in [2.75, 3.05) is 13.2 Å². The standard InChI is InChI=1S/C12H25NO3/c1-6-12(13,7-2)10(14)15-8-9-16-11(3,4)5/h6-9,13H2,1-5H3. The summed E-state index contributed by atoms with van der Waals surface area (Å²) in [5.74, 6) is -0.338. The van der Waals surface area contributed by atoms with Crippen LogP contribution >= 0.6 is 0 Å². The number of hydrogen-bond acceptors (Lipinski definition) is 4. The lowest BCUT2D eigenvalue weighted by molar-refractivity contribution is -0.153. The second-order valence-corrected chi connectivity index (χ2v) is 4.96. The first-order valence-electron chi connectivity index (χ1n) is 5.85. The van der Waals surface area contributed by atoms with Gasteiger partial charge in [-0.1, -0.05) is 13.8 Å². The fraction of sp³-hybridized carbons (Fsp3) is 0.917. The van der Waals surface area contributed by atoms with Gasteiger partial charge in [-0.05, 0) is 33.6 Å². The van der Waals surface area contributed by atoms with Crippen molar-refractivity contribution in [3.63, 3.8) is 0 Å². The van der Waals surface area contributed by atoms with Crippen LogP contribution < -0.4 is 5.73 Å². The summed E-state index contributed by atoms with van der Waals surface area (Å²) < 4.78 is 10.5. The number of nitrogens with two attached hydrogens (primary N) is 1. The van der Waals surface area contributed by atoms with Crippen LogP contribution in [0.25, 0.3) is 0 Å². The van der Waals surface area contributed by atoms with Gasteiger partial charge in [-0.25, -0.2) is 0 Å². The first-order valence-corrected chi connectivity index (χ1v) is 5.85. The van der Waals surface area contributed by atoms with Crippen molar-refractivity contribution in [2.24, 2.45) is 5.73 Å². The maximum absolute atomic E-state index is 11.6. The Hall–Kier alpha value is -0.610. The highest BCUT2D eigenvalue weighted by Gasteiger charge is 2.31. The Morgan fingerprint density at radius 3 is 2.00 bits per heavy atom. The molecule has 2 N–H and O–H groups in total. The van der Waals surface area contributed by atoms with E-state index in [1.54, 1.807) is 0 Å². The van der Waals surface area contributed by atoms with Gasteiger partial charge in [0.2, 0.25) is 0 Å². The van der Waals surface area contributed by atoms with Gasteiger partial charge in [-0.2, -0.15) is 0 Å². The van der Waals surface area contributed by atoms with Gasteiger partial charge in [0.1, 0.15) is 12.1 Å². The molecule has 0 fully saturated rings. The number of esters is 1. The summed E-state index contributed by atoms with van der Waals surface area (Å²) in [5, 5.41) is 0. The van der Waals surface area contributed by atoms with E-state index in [1.165, 1.54) is 0 Å². The Morgan fingerprint density at radius 1 is 1.12 bits per heavy atom. The molecule has 0 spiro atoms. The van der Waals surface area contributed by atoms with Crippen molar-refractivity contribution >= 4 is 5.97 Å². The van der Waals surface area contributed by atoms with Crippen LogP contribution in [0.2, 0.25) is 0 Å². The molecule has 0 bridgehead atoms. The van der Waals surface area contributed by atoms with Gasteiger partial charge in [0.15, 0.2) is 0 Å². The third-order valence-corrected chi connectivity index (χ3v) is 2.52. The second kappa shape index (κ2) is 6.21. The Labute approximate surface area is 98.5 Å². The van der Waals surface area contributed by atoms with Crippen LogP contribution in [0.15, 0.2) is 0 Å². The number of carbonyl (C=O) groups excluding carboxylic acids is 1. The summed E-state index contributed by atoms with van der Waals surface area (Å²) in [5.41, 5.74) is 4.84. The van der Waals surface area contributed by atoms with Crippen LogP contribution in [-0.2, 0) is 14.3 Å². The van der Waals surface area contributed by atoms with E-state index in [-0.39, 0.29) is 18.2 Å². The van der Waals surface area contributed by atoms with Gasteiger partial charge in [0, 0.05) is 0 Å². The minimum absolute atomic E-state index is 0.207. The average Bonchev–Trinajstić information content (AvgIpc) is 2.21. The molecule has 0 saturated carbocycles. The lowest BCUT2D eigenvalue weighted by atomic mass is 9.95. The molecule has 0 aliphatic rings. The lowest BCUT2D eigenvalue weighted by Gasteiger charge is -2.25. The Bertz CT molecular complexity index is 217. The van der Waals surface area contributed by atoms with Crippen molar-refractivity contribution in [2.45, 2.75) is 58.6 Å². The molecular formula is C12H25NO3. The van der Waals surface area contributed by atoms with Gasteiger partial charge in [0.05, 0.1) is 12.2 Å². The van der Waals surface area contributed by atoms with Gasteiger partial charge < -0.3 is 15.2 Å². The predicted octanol–water partition coefficient (Wildman–Crippen LogP) is 1.86. The molecule has 4 heteroatoms. The summed E-state index contributed by atoms with van der Waals surface area (Å²) in [6.45, 7) is 10.3. The summed E-state index contributed by atoms with van der Waals surface area (Å²) in [6, 6.07) is 0. The third kappa shape index (κ3) is 5.47. The molecule has 0 aliphatic heterocycles. The first-order chi connectivity index (χ1) is 7.25. The van der Waals surface area contributed by atoms with E-state index in [4.69, 9.17) is 15.2 Å². The molecule has 96 valence electrons. The van der Waals surface area contributed by atoms with Crippen LogP contribution in [-0.4, -0.2) is 30.3 Å². The number of carbonyl (C=O) groups is 1. The maximum Gasteiger partial charge on any atom is 0.326 e. The summed E-state index contributed by atoms with van der Waals surface area (Å²) >= 11 is 0. The van der Waals surface area contributed by atoms with E-state index >= 15 is 0 Å². The monoisotopic (exact) mass is 231 g/mol. The van der Waals surface area contributed by atoms with Crippen molar-refractivity contribution in [1.29, 1.82) is 0 Å². The molecule has 0 amide bonds. The second-order valence-electron chi connectivity index (χ2n) is 4.96. The highest BCUT2D eigenvalue weighted by atomic mass is 16.6. The van der Waals surface area contributed by atoms with Gasteiger partial charge in [-0.3, -0.25) is 4.79 Å². The molecule has 0 heterocycles. The predicted molar refractivity (Wildman–Crippen MR) is 64.2 cm³/mol. The maximum atomic E-state index is 11.6. The minimum atomic E-state index is -0.846. The highest BCUT2D eigenvalue weighted by Crippen LogP contribution is 2.13. The zero-order valence-corrected chi connectivity index (χ0v) is 11.1. The fourth-order valence-corrected chi connectivity index (χ4v) is 1.16. The molecule has 0 aromatic carbocycles. The molecule has 0 aromatic rings. The zero-order valence-electron chi connectivity index (χ0n) is 11.1. The summed E-state index contributed by atoms with van der Waals surface area (Å²) in [4.78, 5) is 11.6. The third-order valence-electron chi connectivity index (χ3n) is 2.52. The normalized spacial score (nSPS) is 12.6. The van der Waals surface area contributed by atoms with E-state index in [1.807, 2.05) is 34.6 Å². The van der Waals surface area contributed by atoms with Gasteiger partial charge in [-0.15, -0.1) is 0 Å². The number of ether oxygens (including phenoxy) is 2. The largest absolute Gasteiger partial charge is 0.462 e. The molecule has 0 unspecified atom stereocenters. The SMILES string of the molecule is CCC(N)(CC)C(=O)OCCOC(C)(C)C. The van der Waals surface area contributed by atoms with E-state index in [0.29, 0.717) is 19.4 Å². The number of hydrogen-bond donors (Lipinski definition) is 1. The van der Waals surface area contributed by atoms with Crippen LogP contribution in [0, 0.1) is 0 Å². The molecule has 0 atom stereocenters. The van der Waals surface area contributed by atoms with Crippen molar-refractivity contribution in [3.8, 4) is 0 Å². The van der Waals surface area contributed by atoms with Crippen molar-refractivity contribution in [3.05, 3.63) is 0 Å². The molecule has 0 aromatic heterocycles. The van der Waals surface area contributed by atoms with Crippen LogP contribution in [0.1, 0.15) is 47.5 Å². The molecular weight excluding hydrogens is 206 g/mol. The highest BCUT2D eigenvalue weighted by molar-refractivity contribution is 5.80. The Balaban J connectivity index is 3.90. The van der Waals surface area contributed by atoms with Crippen molar-refractivity contribution < 1.29 is 14.3 Å². The van der Waals surface area contributed by atoms with E-state index < -0.39 is 5.54 Å². The summed E-state index contributed by atoms with van der Waals surface area (Å²) in [6.07, 6.45) is 1.17. The van der Waals surface area contributed by atoms with Crippen LogP contribution in [0.5, 0.6) is 0 Å². The average molecular weight is 231 g/mol. The quantitative estimate of drug-likeness (QED) is 0.560. The molecule has 0 aliphatic carbocycles. The zero-order chi connectivity index (χ0) is 12.8. The van der Waals surface area contributed by atoms with Gasteiger partial charge in [0.25, 0.3) is 0 Å². The smallest absolute Gasteiger partial charge is 0.326 e. The topological polar surface area (TPSA) is 61.6 Å². The van der Waals surface area contributed by atoms with E-state index in [9.17, 15) is 4.79 Å². The van der Waals surface area contributed by atoms with Crippen LogP contribution in [0.4, 0.5) is 0 Å². The van der Waals surface area contributed by atoms with Gasteiger partial charge >= 0.3 is 5.97 Å². The molecule has 0 saturated heterocycles. The molecule has 4 nitrogen and oxygen atoms in total. The minimum Gasteiger partial charge on any atom is -0.462 e. The van der Waals surface area contributed by atoms with E-state index in [0.717, 1.165) is 0 Å². The summed E-state index contributed by atoms with van der Waals surface area (Å²) in [7, 11) is 0. The van der Waals surface area contributed by atoms with Crippen molar-refractivity contribution in [1.82, 2.24) is 0 Å². The van der Waals surface area contributed by atoms with E-state index in [2.05, 4.69) is 0 Å². The molecule has 0 radical (unpaired) electrons. The fourth-order valence-electron chi connectivity index (χ4n) is 1.16. The van der Waals surface area contributed by atoms with Crippen LogP contribution in [0.3, 0.4) is 0 Å². The molecule has 16 heavy (non-hydrogen) atoms. The Kier molecular flexibility index (Phi) is 5.97.